The Labute approximate surface area is 93.7 Å². The number of unbranched alkanes of at least 4 members (excludes halogenated alkanes) is 1. The van der Waals surface area contributed by atoms with Crippen molar-refractivity contribution < 1.29 is 9.15 Å². The maximum atomic E-state index is 11.2. The van der Waals surface area contributed by atoms with Crippen molar-refractivity contribution in [1.82, 2.24) is 0 Å². The van der Waals surface area contributed by atoms with E-state index in [1.165, 1.54) is 0 Å². The molecule has 2 aromatic rings. The van der Waals surface area contributed by atoms with Crippen LogP contribution < -0.4 is 10.4 Å². The Morgan fingerprint density at radius 2 is 2.19 bits per heavy atom. The molecule has 0 spiro atoms. The molecule has 1 heterocycles. The first-order valence-corrected chi connectivity index (χ1v) is 5.39. The minimum atomic E-state index is -0.495. The van der Waals surface area contributed by atoms with Gasteiger partial charge in [-0.15, -0.1) is 0 Å². The summed E-state index contributed by atoms with van der Waals surface area (Å²) in [4.78, 5) is 11.2. The van der Waals surface area contributed by atoms with Gasteiger partial charge in [-0.2, -0.15) is 0 Å². The number of ether oxygens (including phenoxy) is 1. The highest BCUT2D eigenvalue weighted by molar-refractivity contribution is 5.82. The Kier molecular flexibility index (Phi) is 3.25. The molecule has 0 amide bonds. The molecule has 2 rings (SSSR count). The molecule has 0 aliphatic rings. The van der Waals surface area contributed by atoms with E-state index in [4.69, 9.17) is 9.15 Å². The molecule has 0 bridgehead atoms. The first-order chi connectivity index (χ1) is 7.81. The third-order valence-corrected chi connectivity index (χ3v) is 2.29. The van der Waals surface area contributed by atoms with Gasteiger partial charge in [0.05, 0.1) is 12.0 Å². The highest BCUT2D eigenvalue weighted by Crippen LogP contribution is 2.22. The van der Waals surface area contributed by atoms with E-state index in [2.05, 4.69) is 13.0 Å². The van der Waals surface area contributed by atoms with Crippen molar-refractivity contribution in [1.29, 1.82) is 0 Å². The number of rotatable bonds is 4. The lowest BCUT2D eigenvalue weighted by Crippen LogP contribution is -2.03. The topological polar surface area (TPSA) is 39.4 Å². The molecular formula is C13H13O3. The van der Waals surface area contributed by atoms with Gasteiger partial charge in [0.25, 0.3) is 0 Å². The summed E-state index contributed by atoms with van der Waals surface area (Å²) < 4.78 is 10.5. The van der Waals surface area contributed by atoms with Crippen molar-refractivity contribution in [3.8, 4) is 5.75 Å². The fraction of sp³-hybridized carbons (Fsp3) is 0.308. The maximum Gasteiger partial charge on any atom is 0.348 e. The van der Waals surface area contributed by atoms with Crippen LogP contribution in [0.5, 0.6) is 5.75 Å². The van der Waals surface area contributed by atoms with Gasteiger partial charge in [0.15, 0.2) is 0 Å². The summed E-state index contributed by atoms with van der Waals surface area (Å²) in [7, 11) is 0. The smallest absolute Gasteiger partial charge is 0.348 e. The van der Waals surface area contributed by atoms with E-state index in [0.717, 1.165) is 18.2 Å². The molecule has 0 fully saturated rings. The Hall–Kier alpha value is -1.77. The fourth-order valence-electron chi connectivity index (χ4n) is 1.46. The quantitative estimate of drug-likeness (QED) is 0.584. The highest BCUT2D eigenvalue weighted by atomic mass is 16.5. The zero-order valence-electron chi connectivity index (χ0n) is 9.16. The first kappa shape index (κ1) is 10.7. The van der Waals surface area contributed by atoms with Gasteiger partial charge < -0.3 is 9.15 Å². The van der Waals surface area contributed by atoms with Crippen molar-refractivity contribution in [2.24, 2.45) is 0 Å². The molecule has 3 nitrogen and oxygen atoms in total. The molecule has 0 unspecified atom stereocenters. The molecule has 0 aliphatic heterocycles. The molecule has 1 radical (unpaired) electrons. The fourth-order valence-corrected chi connectivity index (χ4v) is 1.46. The van der Waals surface area contributed by atoms with Crippen LogP contribution in [-0.2, 0) is 0 Å². The molecule has 1 aromatic heterocycles. The largest absolute Gasteiger partial charge is 0.492 e. The number of benzene rings is 1. The molecule has 0 N–H and O–H groups in total. The summed E-state index contributed by atoms with van der Waals surface area (Å²) >= 11 is 0. The zero-order chi connectivity index (χ0) is 11.4. The third-order valence-electron chi connectivity index (χ3n) is 2.29. The van der Waals surface area contributed by atoms with E-state index in [1.807, 2.05) is 18.2 Å². The van der Waals surface area contributed by atoms with Crippen LogP contribution in [0.25, 0.3) is 11.0 Å². The van der Waals surface area contributed by atoms with Gasteiger partial charge in [-0.25, -0.2) is 4.79 Å². The second kappa shape index (κ2) is 4.84. The highest BCUT2D eigenvalue weighted by Gasteiger charge is 2.05. The molecule has 0 saturated carbocycles. The van der Waals surface area contributed by atoms with E-state index in [0.29, 0.717) is 17.9 Å². The van der Waals surface area contributed by atoms with E-state index in [9.17, 15) is 4.79 Å². The first-order valence-electron chi connectivity index (χ1n) is 5.39. The Bertz CT molecular complexity index is 528. The number of hydrogen-bond acceptors (Lipinski definition) is 3. The monoisotopic (exact) mass is 217 g/mol. The SMILES string of the molecule is CCCCOc1[c]c(=O)oc2ccccc12. The summed E-state index contributed by atoms with van der Waals surface area (Å²) in [5.74, 6) is 0.486. The molecular weight excluding hydrogens is 204 g/mol. The maximum absolute atomic E-state index is 11.2. The summed E-state index contributed by atoms with van der Waals surface area (Å²) in [5, 5.41) is 0.790. The van der Waals surface area contributed by atoms with Gasteiger partial charge in [-0.3, -0.25) is 0 Å². The Morgan fingerprint density at radius 1 is 1.38 bits per heavy atom. The van der Waals surface area contributed by atoms with Gasteiger partial charge in [0, 0.05) is 0 Å². The third kappa shape index (κ3) is 2.24. The predicted molar refractivity (Wildman–Crippen MR) is 61.7 cm³/mol. The van der Waals surface area contributed by atoms with Gasteiger partial charge in [0.1, 0.15) is 17.4 Å². The Balaban J connectivity index is 2.38. The number of para-hydroxylation sites is 1. The molecule has 3 heteroatoms. The van der Waals surface area contributed by atoms with Crippen LogP contribution in [0, 0.1) is 6.07 Å². The second-order valence-corrected chi connectivity index (χ2v) is 3.54. The summed E-state index contributed by atoms with van der Waals surface area (Å²) in [6.07, 6.45) is 2.02. The average Bonchev–Trinajstić information content (AvgIpc) is 2.29. The van der Waals surface area contributed by atoms with Crippen LogP contribution in [0.2, 0.25) is 0 Å². The number of fused-ring (bicyclic) bond motifs is 1. The van der Waals surface area contributed by atoms with Crippen molar-refractivity contribution >= 4 is 11.0 Å². The van der Waals surface area contributed by atoms with Crippen LogP contribution in [0.4, 0.5) is 0 Å². The van der Waals surface area contributed by atoms with Crippen molar-refractivity contribution in [3.63, 3.8) is 0 Å². The van der Waals surface area contributed by atoms with E-state index >= 15 is 0 Å². The van der Waals surface area contributed by atoms with Crippen molar-refractivity contribution in [2.45, 2.75) is 19.8 Å². The van der Waals surface area contributed by atoms with E-state index in [-0.39, 0.29) is 0 Å². The summed E-state index contributed by atoms with van der Waals surface area (Å²) in [5.41, 5.74) is 0.0444. The standard InChI is InChI=1S/C13H13O3/c1-2-3-8-15-12-9-13(14)16-11-7-5-4-6-10(11)12/h4-7H,2-3,8H2,1H3. The lowest BCUT2D eigenvalue weighted by atomic mass is 10.2. The van der Waals surface area contributed by atoms with Crippen LogP contribution in [-0.4, -0.2) is 6.61 Å². The molecule has 83 valence electrons. The molecule has 16 heavy (non-hydrogen) atoms. The molecule has 1 aromatic carbocycles. The van der Waals surface area contributed by atoms with Crippen LogP contribution in [0.3, 0.4) is 0 Å². The lowest BCUT2D eigenvalue weighted by Gasteiger charge is -2.06. The normalized spacial score (nSPS) is 10.6. The predicted octanol–water partition coefficient (Wildman–Crippen LogP) is 2.77. The van der Waals surface area contributed by atoms with E-state index < -0.39 is 5.63 Å². The summed E-state index contributed by atoms with van der Waals surface area (Å²) in [6.45, 7) is 2.69. The average molecular weight is 217 g/mol. The van der Waals surface area contributed by atoms with Crippen molar-refractivity contribution in [3.05, 3.63) is 40.8 Å². The summed E-state index contributed by atoms with van der Waals surface area (Å²) in [6, 6.07) is 9.87. The van der Waals surface area contributed by atoms with Crippen LogP contribution >= 0.6 is 0 Å². The van der Waals surface area contributed by atoms with Crippen molar-refractivity contribution in [2.75, 3.05) is 6.61 Å². The van der Waals surface area contributed by atoms with Gasteiger partial charge in [0.2, 0.25) is 0 Å². The van der Waals surface area contributed by atoms with Crippen LogP contribution in [0.15, 0.2) is 33.5 Å². The van der Waals surface area contributed by atoms with E-state index in [1.54, 1.807) is 6.07 Å². The van der Waals surface area contributed by atoms with Gasteiger partial charge >= 0.3 is 5.63 Å². The van der Waals surface area contributed by atoms with Gasteiger partial charge in [-0.1, -0.05) is 25.5 Å². The molecule has 0 saturated heterocycles. The lowest BCUT2D eigenvalue weighted by molar-refractivity contribution is 0.309. The second-order valence-electron chi connectivity index (χ2n) is 3.54. The van der Waals surface area contributed by atoms with Crippen LogP contribution in [0.1, 0.15) is 19.8 Å². The zero-order valence-corrected chi connectivity index (χ0v) is 9.16. The minimum absolute atomic E-state index is 0.486. The number of hydrogen-bond donors (Lipinski definition) is 0. The minimum Gasteiger partial charge on any atom is -0.492 e. The van der Waals surface area contributed by atoms with Gasteiger partial charge in [-0.05, 0) is 18.6 Å². The molecule has 0 aliphatic carbocycles. The Morgan fingerprint density at radius 3 is 3.00 bits per heavy atom. The molecule has 0 atom stereocenters.